The summed E-state index contributed by atoms with van der Waals surface area (Å²) in [5, 5.41) is 0. The van der Waals surface area contributed by atoms with Crippen LogP contribution in [0, 0.1) is 5.41 Å². The molecule has 4 nitrogen and oxygen atoms in total. The first kappa shape index (κ1) is 14.9. The Morgan fingerprint density at radius 3 is 2.47 bits per heavy atom. The van der Waals surface area contributed by atoms with Crippen molar-refractivity contribution in [2.75, 3.05) is 60.4 Å². The molecule has 0 spiro atoms. The number of nitrogens with two attached hydrogens (primary N) is 1. The highest BCUT2D eigenvalue weighted by Crippen LogP contribution is 2.23. The molecule has 17 heavy (non-hydrogen) atoms. The molecule has 1 aliphatic heterocycles. The number of nitrogens with zero attached hydrogens (tertiary/aromatic N) is 3. The summed E-state index contributed by atoms with van der Waals surface area (Å²) in [7, 11) is 6.47. The summed E-state index contributed by atoms with van der Waals surface area (Å²) >= 11 is 0. The van der Waals surface area contributed by atoms with Crippen LogP contribution in [0.25, 0.3) is 0 Å². The van der Waals surface area contributed by atoms with E-state index in [9.17, 15) is 0 Å². The zero-order valence-corrected chi connectivity index (χ0v) is 12.2. The van der Waals surface area contributed by atoms with Gasteiger partial charge in [0.25, 0.3) is 0 Å². The van der Waals surface area contributed by atoms with E-state index in [2.05, 4.69) is 49.7 Å². The van der Waals surface area contributed by atoms with Gasteiger partial charge in [-0.05, 0) is 26.6 Å². The first-order valence-electron chi connectivity index (χ1n) is 6.61. The molecule has 2 N–H and O–H groups in total. The molecule has 1 fully saturated rings. The molecule has 102 valence electrons. The fourth-order valence-electron chi connectivity index (χ4n) is 2.81. The Labute approximate surface area is 107 Å². The van der Waals surface area contributed by atoms with Gasteiger partial charge < -0.3 is 15.5 Å². The Kier molecular flexibility index (Phi) is 5.38. The van der Waals surface area contributed by atoms with Gasteiger partial charge >= 0.3 is 0 Å². The average molecular weight is 242 g/mol. The maximum Gasteiger partial charge on any atom is 0.0346 e. The maximum absolute atomic E-state index is 5.94. The molecular formula is C13H30N4. The molecule has 0 radical (unpaired) electrons. The van der Waals surface area contributed by atoms with Crippen molar-refractivity contribution in [2.45, 2.75) is 19.9 Å². The average Bonchev–Trinajstić information content (AvgIpc) is 2.30. The van der Waals surface area contributed by atoms with Crippen LogP contribution in [0.3, 0.4) is 0 Å². The Morgan fingerprint density at radius 1 is 1.29 bits per heavy atom. The summed E-state index contributed by atoms with van der Waals surface area (Å²) < 4.78 is 0. The molecule has 1 rings (SSSR count). The summed E-state index contributed by atoms with van der Waals surface area (Å²) in [5.74, 6) is 0. The first-order chi connectivity index (χ1) is 7.84. The lowest BCUT2D eigenvalue weighted by molar-refractivity contribution is 0.148. The van der Waals surface area contributed by atoms with Crippen molar-refractivity contribution >= 4 is 0 Å². The van der Waals surface area contributed by atoms with Crippen LogP contribution in [-0.2, 0) is 0 Å². The van der Waals surface area contributed by atoms with E-state index < -0.39 is 0 Å². The Morgan fingerprint density at radius 2 is 1.94 bits per heavy atom. The lowest BCUT2D eigenvalue weighted by Crippen LogP contribution is -2.48. The zero-order valence-electron chi connectivity index (χ0n) is 12.2. The van der Waals surface area contributed by atoms with Crippen molar-refractivity contribution in [1.82, 2.24) is 14.7 Å². The fourth-order valence-corrected chi connectivity index (χ4v) is 2.81. The molecule has 0 aromatic carbocycles. The van der Waals surface area contributed by atoms with E-state index in [1.54, 1.807) is 0 Å². The van der Waals surface area contributed by atoms with E-state index in [-0.39, 0.29) is 0 Å². The van der Waals surface area contributed by atoms with Gasteiger partial charge in [0, 0.05) is 45.3 Å². The minimum atomic E-state index is 0.352. The summed E-state index contributed by atoms with van der Waals surface area (Å²) in [6, 6.07) is 0.502. The van der Waals surface area contributed by atoms with E-state index in [4.69, 9.17) is 5.73 Å². The number of hydrogen-bond donors (Lipinski definition) is 1. The van der Waals surface area contributed by atoms with Gasteiger partial charge in [-0.3, -0.25) is 4.90 Å². The first-order valence-corrected chi connectivity index (χ1v) is 6.61. The van der Waals surface area contributed by atoms with Crippen LogP contribution in [0.5, 0.6) is 0 Å². The van der Waals surface area contributed by atoms with Gasteiger partial charge in [0.1, 0.15) is 0 Å². The maximum atomic E-state index is 5.94. The van der Waals surface area contributed by atoms with E-state index >= 15 is 0 Å². The van der Waals surface area contributed by atoms with Crippen molar-refractivity contribution in [3.05, 3.63) is 0 Å². The van der Waals surface area contributed by atoms with Crippen molar-refractivity contribution in [3.63, 3.8) is 0 Å². The Hall–Kier alpha value is -0.160. The van der Waals surface area contributed by atoms with E-state index in [1.807, 2.05) is 0 Å². The topological polar surface area (TPSA) is 35.7 Å². The molecule has 0 aromatic rings. The van der Waals surface area contributed by atoms with Crippen LogP contribution < -0.4 is 5.73 Å². The highest BCUT2D eigenvalue weighted by atomic mass is 15.3. The number of likely N-dealkylation sites (N-methyl/N-ethyl adjacent to an activating group) is 2. The van der Waals surface area contributed by atoms with Crippen LogP contribution >= 0.6 is 0 Å². The second-order valence-electron chi connectivity index (χ2n) is 6.52. The minimum Gasteiger partial charge on any atom is -0.329 e. The zero-order chi connectivity index (χ0) is 13.1. The molecule has 0 aliphatic carbocycles. The molecule has 1 unspecified atom stereocenters. The summed E-state index contributed by atoms with van der Waals surface area (Å²) in [6.45, 7) is 11.1. The molecule has 0 bridgehead atoms. The van der Waals surface area contributed by atoms with Gasteiger partial charge in [-0.2, -0.15) is 0 Å². The van der Waals surface area contributed by atoms with E-state index in [0.717, 1.165) is 39.3 Å². The molecule has 4 heteroatoms. The molecule has 0 saturated carbocycles. The van der Waals surface area contributed by atoms with Crippen LogP contribution in [0.1, 0.15) is 13.8 Å². The molecular weight excluding hydrogens is 212 g/mol. The second-order valence-corrected chi connectivity index (χ2v) is 6.52. The highest BCUT2D eigenvalue weighted by Gasteiger charge is 2.31. The van der Waals surface area contributed by atoms with Gasteiger partial charge in [-0.1, -0.05) is 13.8 Å². The molecule has 1 aliphatic rings. The van der Waals surface area contributed by atoms with Crippen molar-refractivity contribution in [1.29, 1.82) is 0 Å². The summed E-state index contributed by atoms with van der Waals surface area (Å²) in [6.07, 6.45) is 0. The predicted octanol–water partition coefficient (Wildman–Crippen LogP) is 0.149. The fraction of sp³-hybridized carbons (Fsp3) is 1.00. The minimum absolute atomic E-state index is 0.352. The molecule has 0 amide bonds. The van der Waals surface area contributed by atoms with E-state index in [1.165, 1.54) is 0 Å². The summed E-state index contributed by atoms with van der Waals surface area (Å²) in [5.41, 5.74) is 6.29. The van der Waals surface area contributed by atoms with Crippen LogP contribution in [0.2, 0.25) is 0 Å². The lowest BCUT2D eigenvalue weighted by atomic mass is 9.92. The third-order valence-electron chi connectivity index (χ3n) is 3.47. The van der Waals surface area contributed by atoms with Gasteiger partial charge in [-0.15, -0.1) is 0 Å². The Bertz CT molecular complexity index is 227. The third-order valence-corrected chi connectivity index (χ3v) is 3.47. The summed E-state index contributed by atoms with van der Waals surface area (Å²) in [4.78, 5) is 7.24. The molecule has 0 aromatic heterocycles. The van der Waals surface area contributed by atoms with Crippen LogP contribution in [-0.4, -0.2) is 81.2 Å². The van der Waals surface area contributed by atoms with Crippen molar-refractivity contribution < 1.29 is 0 Å². The standard InChI is InChI=1S/C13H30N4/c1-13(2)10-16(5)9-12(8-14)17(11-13)7-6-15(3)4/h12H,6-11,14H2,1-5H3. The van der Waals surface area contributed by atoms with Crippen LogP contribution in [0.15, 0.2) is 0 Å². The van der Waals surface area contributed by atoms with Crippen molar-refractivity contribution in [2.24, 2.45) is 11.1 Å². The normalized spacial score (nSPS) is 27.4. The quantitative estimate of drug-likeness (QED) is 0.761. The van der Waals surface area contributed by atoms with Gasteiger partial charge in [0.2, 0.25) is 0 Å². The van der Waals surface area contributed by atoms with Gasteiger partial charge in [-0.25, -0.2) is 0 Å². The number of hydrogen-bond acceptors (Lipinski definition) is 4. The van der Waals surface area contributed by atoms with Crippen LogP contribution in [0.4, 0.5) is 0 Å². The third kappa shape index (κ3) is 4.92. The predicted molar refractivity (Wildman–Crippen MR) is 74.2 cm³/mol. The monoisotopic (exact) mass is 242 g/mol. The van der Waals surface area contributed by atoms with E-state index in [0.29, 0.717) is 11.5 Å². The molecule has 1 heterocycles. The molecule has 1 atom stereocenters. The highest BCUT2D eigenvalue weighted by molar-refractivity contribution is 4.87. The smallest absolute Gasteiger partial charge is 0.0346 e. The Balaban J connectivity index is 2.67. The second kappa shape index (κ2) is 6.14. The largest absolute Gasteiger partial charge is 0.329 e. The molecule has 1 saturated heterocycles. The number of rotatable bonds is 4. The van der Waals surface area contributed by atoms with Gasteiger partial charge in [0.05, 0.1) is 0 Å². The van der Waals surface area contributed by atoms with Gasteiger partial charge in [0.15, 0.2) is 0 Å². The lowest BCUT2D eigenvalue weighted by Gasteiger charge is -2.34. The van der Waals surface area contributed by atoms with Crippen molar-refractivity contribution in [3.8, 4) is 0 Å². The SMILES string of the molecule is CN(C)CCN1CC(C)(C)CN(C)CC1CN.